The maximum absolute atomic E-state index is 12.8. The van der Waals surface area contributed by atoms with Crippen molar-refractivity contribution in [2.75, 3.05) is 6.26 Å². The molecular formula is C22H16Cl2F2N2O3S. The molecule has 0 spiro atoms. The van der Waals surface area contributed by atoms with E-state index in [1.54, 1.807) is 54.8 Å². The first-order chi connectivity index (χ1) is 15.3. The van der Waals surface area contributed by atoms with Crippen molar-refractivity contribution < 1.29 is 23.2 Å². The third kappa shape index (κ3) is 4.42. The van der Waals surface area contributed by atoms with Gasteiger partial charge in [-0.25, -0.2) is 4.98 Å². The smallest absolute Gasteiger partial charge is 0.387 e. The highest BCUT2D eigenvalue weighted by molar-refractivity contribution is 7.90. The molecule has 1 heterocycles. The lowest BCUT2D eigenvalue weighted by Crippen LogP contribution is -2.03. The van der Waals surface area contributed by atoms with Gasteiger partial charge < -0.3 is 19.4 Å². The number of imidazole rings is 1. The number of alkyl halides is 2. The van der Waals surface area contributed by atoms with Crippen LogP contribution in [0.1, 0.15) is 17.5 Å². The van der Waals surface area contributed by atoms with Crippen molar-refractivity contribution in [2.45, 2.75) is 17.6 Å². The molecule has 0 saturated heterocycles. The molecule has 32 heavy (non-hydrogen) atoms. The quantitative estimate of drug-likeness (QED) is 0.323. The predicted molar refractivity (Wildman–Crippen MR) is 121 cm³/mol. The number of halogens is 4. The zero-order valence-corrected chi connectivity index (χ0v) is 18.8. The number of nitrogens with zero attached hydrogens (tertiary/aromatic N) is 1. The number of H-pyrrole nitrogens is 1. The van der Waals surface area contributed by atoms with Crippen LogP contribution in [-0.4, -0.2) is 32.5 Å². The van der Waals surface area contributed by atoms with Gasteiger partial charge in [0.2, 0.25) is 0 Å². The molecule has 0 aliphatic heterocycles. The van der Waals surface area contributed by atoms with Crippen LogP contribution in [0.4, 0.5) is 8.78 Å². The van der Waals surface area contributed by atoms with Crippen molar-refractivity contribution in [1.82, 2.24) is 9.97 Å². The van der Waals surface area contributed by atoms with Gasteiger partial charge in [0.1, 0.15) is 29.5 Å². The zero-order valence-electron chi connectivity index (χ0n) is 16.5. The Hall–Kier alpha value is -2.36. The number of ether oxygens (including phenoxy) is 1. The maximum atomic E-state index is 12.8. The zero-order chi connectivity index (χ0) is 23.0. The number of benzene rings is 3. The van der Waals surface area contributed by atoms with E-state index in [0.29, 0.717) is 27.1 Å². The molecule has 2 unspecified atom stereocenters. The SMILES string of the molecule is C[S+]([O-])c1ccc(C(O)c2nc3c(Cl)c(-c4ccccc4OC(F)F)c(Cl)cc3[nH]2)cc1. The van der Waals surface area contributed by atoms with Crippen LogP contribution in [0, 0.1) is 0 Å². The van der Waals surface area contributed by atoms with Gasteiger partial charge in [-0.2, -0.15) is 8.78 Å². The highest BCUT2D eigenvalue weighted by Crippen LogP contribution is 2.43. The van der Waals surface area contributed by atoms with Crippen molar-refractivity contribution in [3.8, 4) is 16.9 Å². The van der Waals surface area contributed by atoms with Crippen LogP contribution in [-0.2, 0) is 11.2 Å². The number of aliphatic hydroxyl groups excluding tert-OH is 1. The Bertz CT molecular complexity index is 1270. The number of aromatic amines is 1. The van der Waals surface area contributed by atoms with E-state index in [-0.39, 0.29) is 27.2 Å². The van der Waals surface area contributed by atoms with E-state index < -0.39 is 23.9 Å². The molecular weight excluding hydrogens is 481 g/mol. The summed E-state index contributed by atoms with van der Waals surface area (Å²) in [5, 5.41) is 11.1. The summed E-state index contributed by atoms with van der Waals surface area (Å²) in [7, 11) is 0. The van der Waals surface area contributed by atoms with Crippen molar-refractivity contribution >= 4 is 45.4 Å². The number of fused-ring (bicyclic) bond motifs is 1. The minimum absolute atomic E-state index is 0.0742. The molecule has 1 aromatic heterocycles. The first kappa shape index (κ1) is 22.8. The van der Waals surface area contributed by atoms with E-state index in [0.717, 1.165) is 0 Å². The Balaban J connectivity index is 1.77. The molecule has 0 saturated carbocycles. The molecule has 4 aromatic rings. The molecule has 2 N–H and O–H groups in total. The molecule has 0 amide bonds. The lowest BCUT2D eigenvalue weighted by molar-refractivity contribution is -0.0494. The predicted octanol–water partition coefficient (Wildman–Crippen LogP) is 5.96. The van der Waals surface area contributed by atoms with Gasteiger partial charge in [-0.05, 0) is 41.0 Å². The van der Waals surface area contributed by atoms with Gasteiger partial charge >= 0.3 is 6.61 Å². The summed E-state index contributed by atoms with van der Waals surface area (Å²) in [5.41, 5.74) is 1.91. The normalized spacial score (nSPS) is 13.5. The van der Waals surface area contributed by atoms with Crippen molar-refractivity contribution in [3.05, 3.63) is 76.0 Å². The van der Waals surface area contributed by atoms with Gasteiger partial charge in [-0.3, -0.25) is 0 Å². The van der Waals surface area contributed by atoms with E-state index in [2.05, 4.69) is 14.7 Å². The van der Waals surface area contributed by atoms with Gasteiger partial charge in [0.05, 0.1) is 15.6 Å². The highest BCUT2D eigenvalue weighted by atomic mass is 35.5. The van der Waals surface area contributed by atoms with Crippen molar-refractivity contribution in [2.24, 2.45) is 0 Å². The molecule has 0 radical (unpaired) electrons. The Morgan fingerprint density at radius 2 is 1.81 bits per heavy atom. The summed E-state index contributed by atoms with van der Waals surface area (Å²) < 4.78 is 41.9. The molecule has 0 aliphatic carbocycles. The Morgan fingerprint density at radius 3 is 2.47 bits per heavy atom. The second-order valence-electron chi connectivity index (χ2n) is 6.87. The number of rotatable bonds is 6. The lowest BCUT2D eigenvalue weighted by atomic mass is 10.0. The van der Waals surface area contributed by atoms with Crippen LogP contribution in [0.15, 0.2) is 59.5 Å². The number of aromatic nitrogens is 2. The maximum Gasteiger partial charge on any atom is 0.387 e. The fourth-order valence-electron chi connectivity index (χ4n) is 3.35. The van der Waals surface area contributed by atoms with Gasteiger partial charge in [0, 0.05) is 11.1 Å². The van der Waals surface area contributed by atoms with Crippen molar-refractivity contribution in [3.63, 3.8) is 0 Å². The minimum atomic E-state index is -3.01. The highest BCUT2D eigenvalue weighted by Gasteiger charge is 2.22. The second kappa shape index (κ2) is 9.25. The molecule has 10 heteroatoms. The van der Waals surface area contributed by atoms with Crippen molar-refractivity contribution in [1.29, 1.82) is 0 Å². The molecule has 166 valence electrons. The fraction of sp³-hybridized carbons (Fsp3) is 0.136. The Kier molecular flexibility index (Phi) is 6.60. The molecule has 5 nitrogen and oxygen atoms in total. The summed E-state index contributed by atoms with van der Waals surface area (Å²) >= 11 is 11.9. The number of aliphatic hydroxyl groups is 1. The average molecular weight is 497 g/mol. The average Bonchev–Trinajstić information content (AvgIpc) is 3.18. The summed E-state index contributed by atoms with van der Waals surface area (Å²) in [6.07, 6.45) is 0.466. The first-order valence-electron chi connectivity index (χ1n) is 9.29. The van der Waals surface area contributed by atoms with Gasteiger partial charge in [-0.1, -0.05) is 53.5 Å². The van der Waals surface area contributed by atoms with E-state index in [1.807, 2.05) is 0 Å². The third-order valence-corrected chi connectivity index (χ3v) is 6.45. The summed E-state index contributed by atoms with van der Waals surface area (Å²) in [6.45, 7) is -3.01. The van der Waals surface area contributed by atoms with E-state index in [9.17, 15) is 18.4 Å². The molecule has 0 fully saturated rings. The van der Waals surface area contributed by atoms with Gasteiger partial charge in [0.25, 0.3) is 0 Å². The number of para-hydroxylation sites is 1. The first-order valence-corrected chi connectivity index (χ1v) is 11.6. The summed E-state index contributed by atoms with van der Waals surface area (Å²) in [4.78, 5) is 8.05. The van der Waals surface area contributed by atoms with Crippen LogP contribution in [0.5, 0.6) is 5.75 Å². The fourth-order valence-corrected chi connectivity index (χ4v) is 4.57. The third-order valence-electron chi connectivity index (χ3n) is 4.85. The van der Waals surface area contributed by atoms with Crippen LogP contribution >= 0.6 is 23.2 Å². The molecule has 0 bridgehead atoms. The molecule has 4 rings (SSSR count). The topological polar surface area (TPSA) is 81.2 Å². The van der Waals surface area contributed by atoms with Crippen LogP contribution in [0.2, 0.25) is 10.0 Å². The summed E-state index contributed by atoms with van der Waals surface area (Å²) in [5.74, 6) is 0.146. The van der Waals surface area contributed by atoms with Crippen LogP contribution < -0.4 is 4.74 Å². The lowest BCUT2D eigenvalue weighted by Gasteiger charge is -2.13. The molecule has 2 atom stereocenters. The van der Waals surface area contributed by atoms with Crippen LogP contribution in [0.3, 0.4) is 0 Å². The number of hydrogen-bond acceptors (Lipinski definition) is 4. The number of nitrogens with one attached hydrogen (secondary N) is 1. The molecule has 3 aromatic carbocycles. The van der Waals surface area contributed by atoms with Gasteiger partial charge in [0.15, 0.2) is 4.90 Å². The second-order valence-corrected chi connectivity index (χ2v) is 9.03. The monoisotopic (exact) mass is 496 g/mol. The van der Waals surface area contributed by atoms with E-state index in [1.165, 1.54) is 6.07 Å². The summed E-state index contributed by atoms with van der Waals surface area (Å²) in [6, 6.07) is 14.4. The molecule has 0 aliphatic rings. The Morgan fingerprint density at radius 1 is 1.12 bits per heavy atom. The van der Waals surface area contributed by atoms with E-state index >= 15 is 0 Å². The van der Waals surface area contributed by atoms with Gasteiger partial charge in [-0.15, -0.1) is 0 Å². The van der Waals surface area contributed by atoms with Crippen LogP contribution in [0.25, 0.3) is 22.2 Å². The van der Waals surface area contributed by atoms with E-state index in [4.69, 9.17) is 23.2 Å². The number of hydrogen-bond donors (Lipinski definition) is 2. The standard InChI is InChI=1S/C22H16Cl2F2N2O3S/c1-32(30)12-8-6-11(7-9-12)20(29)21-27-15-10-14(23)17(18(24)19(15)28-21)13-4-2-3-5-16(13)31-22(25)26/h2-10,20,22,29H,1H3,(H,27,28). The largest absolute Gasteiger partial charge is 0.612 e. The Labute approximate surface area is 195 Å². The minimum Gasteiger partial charge on any atom is -0.612 e.